The number of likely N-dealkylation sites (tertiary alicyclic amines) is 1. The minimum atomic E-state index is -0.0823. The number of fused-ring (bicyclic) bond motifs is 1. The number of nitrogens with zero attached hydrogens (tertiary/aromatic N) is 5. The Morgan fingerprint density at radius 2 is 2.00 bits per heavy atom. The number of nitrogens with one attached hydrogen (secondary N) is 1. The summed E-state index contributed by atoms with van der Waals surface area (Å²) >= 11 is 0. The topological polar surface area (TPSA) is 82.8 Å². The SMILES string of the molecule is CCC(CC)NC(=O)c1ccc2nnc([C@@H]3CCN(C(=O)N(C)C)C3)n2c1. The summed E-state index contributed by atoms with van der Waals surface area (Å²) in [6.07, 6.45) is 4.45. The van der Waals surface area contributed by atoms with E-state index in [0.717, 1.165) is 25.1 Å². The van der Waals surface area contributed by atoms with Crippen LogP contribution in [0.4, 0.5) is 4.79 Å². The van der Waals surface area contributed by atoms with Crippen LogP contribution in [0.5, 0.6) is 0 Å². The second kappa shape index (κ2) is 7.94. The summed E-state index contributed by atoms with van der Waals surface area (Å²) in [7, 11) is 3.51. The van der Waals surface area contributed by atoms with Crippen molar-refractivity contribution >= 4 is 17.6 Å². The first kappa shape index (κ1) is 19.1. The number of carbonyl (C=O) groups is 2. The van der Waals surface area contributed by atoms with Gasteiger partial charge in [-0.05, 0) is 31.4 Å². The third-order valence-electron chi connectivity index (χ3n) is 5.22. The highest BCUT2D eigenvalue weighted by Gasteiger charge is 2.31. The largest absolute Gasteiger partial charge is 0.349 e. The number of pyridine rings is 1. The van der Waals surface area contributed by atoms with E-state index < -0.39 is 0 Å². The molecule has 1 aliphatic heterocycles. The molecule has 0 aliphatic carbocycles. The molecule has 0 bridgehead atoms. The van der Waals surface area contributed by atoms with Crippen LogP contribution in [-0.2, 0) is 0 Å². The Labute approximate surface area is 159 Å². The van der Waals surface area contributed by atoms with E-state index in [1.165, 1.54) is 0 Å². The van der Waals surface area contributed by atoms with E-state index in [2.05, 4.69) is 29.4 Å². The summed E-state index contributed by atoms with van der Waals surface area (Å²) in [5.41, 5.74) is 1.30. The molecule has 8 nitrogen and oxygen atoms in total. The Bertz CT molecular complexity index is 827. The van der Waals surface area contributed by atoms with Gasteiger partial charge in [-0.3, -0.25) is 9.20 Å². The average Bonchev–Trinajstić information content (AvgIpc) is 3.31. The number of hydrogen-bond donors (Lipinski definition) is 1. The number of hydrogen-bond acceptors (Lipinski definition) is 4. The molecule has 8 heteroatoms. The van der Waals surface area contributed by atoms with Crippen molar-refractivity contribution in [2.24, 2.45) is 0 Å². The highest BCUT2D eigenvalue weighted by Crippen LogP contribution is 2.27. The van der Waals surface area contributed by atoms with Gasteiger partial charge >= 0.3 is 6.03 Å². The average molecular weight is 372 g/mol. The van der Waals surface area contributed by atoms with E-state index in [4.69, 9.17) is 0 Å². The second-order valence-corrected chi connectivity index (χ2v) is 7.30. The van der Waals surface area contributed by atoms with Crippen molar-refractivity contribution in [1.82, 2.24) is 29.7 Å². The highest BCUT2D eigenvalue weighted by atomic mass is 16.2. The van der Waals surface area contributed by atoms with E-state index in [9.17, 15) is 9.59 Å². The lowest BCUT2D eigenvalue weighted by Crippen LogP contribution is -2.37. The third-order valence-corrected chi connectivity index (χ3v) is 5.22. The van der Waals surface area contributed by atoms with Crippen LogP contribution in [0.25, 0.3) is 5.65 Å². The minimum Gasteiger partial charge on any atom is -0.349 e. The molecule has 1 atom stereocenters. The third kappa shape index (κ3) is 3.89. The standard InChI is InChI=1S/C19H28N6O2/c1-5-15(6-2)20-18(26)14-7-8-16-21-22-17(25(16)12-14)13-9-10-24(11-13)19(27)23(3)4/h7-8,12-13,15H,5-6,9-11H2,1-4H3,(H,20,26)/t13-/m1/s1. The lowest BCUT2D eigenvalue weighted by molar-refractivity contribution is 0.0934. The normalized spacial score (nSPS) is 16.9. The van der Waals surface area contributed by atoms with Gasteiger partial charge in [0.1, 0.15) is 5.82 Å². The molecular weight excluding hydrogens is 344 g/mol. The summed E-state index contributed by atoms with van der Waals surface area (Å²) in [6.45, 7) is 5.44. The maximum atomic E-state index is 12.6. The molecule has 27 heavy (non-hydrogen) atoms. The summed E-state index contributed by atoms with van der Waals surface area (Å²) in [6, 6.07) is 3.78. The van der Waals surface area contributed by atoms with E-state index in [-0.39, 0.29) is 23.9 Å². The molecule has 2 aromatic rings. The Hall–Kier alpha value is -2.64. The van der Waals surface area contributed by atoms with Gasteiger partial charge in [0.25, 0.3) is 5.91 Å². The van der Waals surface area contributed by atoms with Crippen LogP contribution in [0.2, 0.25) is 0 Å². The first-order valence-corrected chi connectivity index (χ1v) is 9.56. The molecule has 2 aromatic heterocycles. The predicted octanol–water partition coefficient (Wildman–Crippen LogP) is 2.12. The molecule has 1 N–H and O–H groups in total. The number of rotatable bonds is 5. The summed E-state index contributed by atoms with van der Waals surface area (Å²) in [5.74, 6) is 0.832. The van der Waals surface area contributed by atoms with Crippen LogP contribution in [0, 0.1) is 0 Å². The molecule has 3 heterocycles. The molecule has 1 fully saturated rings. The van der Waals surface area contributed by atoms with Crippen molar-refractivity contribution in [3.63, 3.8) is 0 Å². The lowest BCUT2D eigenvalue weighted by atomic mass is 10.1. The van der Waals surface area contributed by atoms with Crippen LogP contribution in [0.1, 0.15) is 55.2 Å². The van der Waals surface area contributed by atoms with Crippen LogP contribution < -0.4 is 5.32 Å². The van der Waals surface area contributed by atoms with E-state index in [0.29, 0.717) is 24.3 Å². The molecule has 0 unspecified atom stereocenters. The van der Waals surface area contributed by atoms with Gasteiger partial charge < -0.3 is 15.1 Å². The fourth-order valence-corrected chi connectivity index (χ4v) is 3.51. The van der Waals surface area contributed by atoms with Gasteiger partial charge in [-0.25, -0.2) is 4.79 Å². The van der Waals surface area contributed by atoms with Gasteiger partial charge in [0.05, 0.1) is 5.56 Å². The van der Waals surface area contributed by atoms with E-state index in [1.54, 1.807) is 31.3 Å². The molecule has 0 aromatic carbocycles. The van der Waals surface area contributed by atoms with Crippen LogP contribution in [-0.4, -0.2) is 69.6 Å². The van der Waals surface area contributed by atoms with Gasteiger partial charge in [0, 0.05) is 45.3 Å². The Morgan fingerprint density at radius 1 is 1.26 bits per heavy atom. The zero-order valence-corrected chi connectivity index (χ0v) is 16.5. The smallest absolute Gasteiger partial charge is 0.319 e. The minimum absolute atomic E-state index is 0.0107. The summed E-state index contributed by atoms with van der Waals surface area (Å²) < 4.78 is 1.89. The maximum absolute atomic E-state index is 12.6. The van der Waals surface area contributed by atoms with Crippen molar-refractivity contribution in [1.29, 1.82) is 0 Å². The van der Waals surface area contributed by atoms with Gasteiger partial charge in [-0.2, -0.15) is 0 Å². The molecule has 3 rings (SSSR count). The van der Waals surface area contributed by atoms with Crippen molar-refractivity contribution in [2.45, 2.75) is 45.1 Å². The molecule has 0 spiro atoms. The number of aromatic nitrogens is 3. The molecule has 3 amide bonds. The van der Waals surface area contributed by atoms with Crippen molar-refractivity contribution < 1.29 is 9.59 Å². The summed E-state index contributed by atoms with van der Waals surface area (Å²) in [5, 5.41) is 11.6. The molecular formula is C19H28N6O2. The van der Waals surface area contributed by atoms with Crippen LogP contribution in [0.3, 0.4) is 0 Å². The first-order valence-electron chi connectivity index (χ1n) is 9.56. The van der Waals surface area contributed by atoms with Crippen molar-refractivity contribution in [3.05, 3.63) is 29.7 Å². The predicted molar refractivity (Wildman–Crippen MR) is 103 cm³/mol. The number of amides is 3. The Kier molecular flexibility index (Phi) is 5.62. The Morgan fingerprint density at radius 3 is 2.67 bits per heavy atom. The highest BCUT2D eigenvalue weighted by molar-refractivity contribution is 5.94. The monoisotopic (exact) mass is 372 g/mol. The number of urea groups is 1. The van der Waals surface area contributed by atoms with E-state index in [1.807, 2.05) is 15.4 Å². The molecule has 0 radical (unpaired) electrons. The van der Waals surface area contributed by atoms with Crippen LogP contribution in [0.15, 0.2) is 18.3 Å². The fraction of sp³-hybridized carbons (Fsp3) is 0.579. The first-order chi connectivity index (χ1) is 12.9. The maximum Gasteiger partial charge on any atom is 0.319 e. The fourth-order valence-electron chi connectivity index (χ4n) is 3.51. The van der Waals surface area contributed by atoms with Crippen LogP contribution >= 0.6 is 0 Å². The van der Waals surface area contributed by atoms with Gasteiger partial charge in [0.2, 0.25) is 0 Å². The molecule has 1 saturated heterocycles. The molecule has 146 valence electrons. The van der Waals surface area contributed by atoms with Gasteiger partial charge in [0.15, 0.2) is 5.65 Å². The van der Waals surface area contributed by atoms with Crippen molar-refractivity contribution in [2.75, 3.05) is 27.2 Å². The quantitative estimate of drug-likeness (QED) is 0.871. The van der Waals surface area contributed by atoms with Crippen molar-refractivity contribution in [3.8, 4) is 0 Å². The Balaban J connectivity index is 1.82. The van der Waals surface area contributed by atoms with Gasteiger partial charge in [-0.15, -0.1) is 10.2 Å². The molecule has 1 aliphatic rings. The van der Waals surface area contributed by atoms with Gasteiger partial charge in [-0.1, -0.05) is 13.8 Å². The second-order valence-electron chi connectivity index (χ2n) is 7.30. The zero-order valence-electron chi connectivity index (χ0n) is 16.5. The van der Waals surface area contributed by atoms with E-state index >= 15 is 0 Å². The summed E-state index contributed by atoms with van der Waals surface area (Å²) in [4.78, 5) is 28.2. The molecule has 0 saturated carbocycles. The zero-order chi connectivity index (χ0) is 19.6. The lowest BCUT2D eigenvalue weighted by Gasteiger charge is -2.21. The number of carbonyl (C=O) groups excluding carboxylic acids is 2.